The van der Waals surface area contributed by atoms with Crippen LogP contribution in [0.25, 0.3) is 6.08 Å². The van der Waals surface area contributed by atoms with Gasteiger partial charge < -0.3 is 14.4 Å². The highest BCUT2D eigenvalue weighted by molar-refractivity contribution is 8.18. The minimum atomic E-state index is -0.249. The molecule has 0 aromatic heterocycles. The Balaban J connectivity index is 1.37. The first-order chi connectivity index (χ1) is 16.5. The molecule has 2 aliphatic heterocycles. The lowest BCUT2D eigenvalue weighted by Gasteiger charge is -2.37. The van der Waals surface area contributed by atoms with Crippen molar-refractivity contribution < 1.29 is 19.1 Å². The number of carbonyl (C=O) groups excluding carboxylic acids is 2. The van der Waals surface area contributed by atoms with Crippen LogP contribution in [-0.2, 0) is 4.79 Å². The number of anilines is 1. The van der Waals surface area contributed by atoms with Crippen LogP contribution in [0.4, 0.5) is 10.5 Å². The lowest BCUT2D eigenvalue weighted by Crippen LogP contribution is -2.50. The average molecular weight is 482 g/mol. The Bertz CT molecular complexity index is 1060. The summed E-state index contributed by atoms with van der Waals surface area (Å²) in [6.45, 7) is 8.37. The van der Waals surface area contributed by atoms with Gasteiger partial charge in [0, 0.05) is 31.9 Å². The lowest BCUT2D eigenvalue weighted by atomic mass is 10.2. The standard InChI is InChI=1S/C26H31N3O4S/c1-4-15-33-22-10-7-20(16-23(22)32-3)17-24-25(30)29(26(31)34-24)18-27-11-13-28(14-12-27)21-8-5-19(2)6-9-21/h5-10,16-17H,4,11-15,18H2,1-3H3/b24-17+. The molecule has 0 radical (unpaired) electrons. The number of hydrogen-bond acceptors (Lipinski definition) is 7. The number of hydrogen-bond donors (Lipinski definition) is 0. The summed E-state index contributed by atoms with van der Waals surface area (Å²) < 4.78 is 11.1. The first kappa shape index (κ1) is 24.2. The number of benzene rings is 2. The second-order valence-electron chi connectivity index (χ2n) is 8.45. The maximum Gasteiger partial charge on any atom is 0.294 e. The van der Waals surface area contributed by atoms with Crippen LogP contribution in [-0.4, -0.2) is 67.5 Å². The van der Waals surface area contributed by atoms with E-state index in [-0.39, 0.29) is 11.1 Å². The summed E-state index contributed by atoms with van der Waals surface area (Å²) in [5, 5.41) is -0.230. The first-order valence-corrected chi connectivity index (χ1v) is 12.4. The van der Waals surface area contributed by atoms with Crippen molar-refractivity contribution in [2.75, 3.05) is 51.5 Å². The van der Waals surface area contributed by atoms with E-state index in [1.807, 2.05) is 25.1 Å². The van der Waals surface area contributed by atoms with Gasteiger partial charge in [0.1, 0.15) is 0 Å². The van der Waals surface area contributed by atoms with E-state index in [1.54, 1.807) is 13.2 Å². The van der Waals surface area contributed by atoms with Crippen LogP contribution in [0.5, 0.6) is 11.5 Å². The maximum atomic E-state index is 13.0. The molecule has 2 aliphatic rings. The second kappa shape index (κ2) is 11.0. The molecule has 2 aromatic rings. The first-order valence-electron chi connectivity index (χ1n) is 11.6. The normalized spacial score (nSPS) is 18.1. The van der Waals surface area contributed by atoms with Gasteiger partial charge in [0.25, 0.3) is 11.1 Å². The van der Waals surface area contributed by atoms with Crippen molar-refractivity contribution in [3.63, 3.8) is 0 Å². The number of piperazine rings is 1. The van der Waals surface area contributed by atoms with E-state index in [9.17, 15) is 9.59 Å². The van der Waals surface area contributed by atoms with E-state index in [0.29, 0.717) is 29.7 Å². The van der Waals surface area contributed by atoms with Crippen molar-refractivity contribution in [1.82, 2.24) is 9.80 Å². The number of ether oxygens (including phenoxy) is 2. The molecule has 34 heavy (non-hydrogen) atoms. The topological polar surface area (TPSA) is 62.3 Å². The molecular weight excluding hydrogens is 450 g/mol. The van der Waals surface area contributed by atoms with Gasteiger partial charge in [-0.25, -0.2) is 0 Å². The molecule has 2 heterocycles. The lowest BCUT2D eigenvalue weighted by molar-refractivity contribution is -0.124. The molecule has 0 unspecified atom stereocenters. The van der Waals surface area contributed by atoms with Crippen molar-refractivity contribution in [2.45, 2.75) is 20.3 Å². The summed E-state index contributed by atoms with van der Waals surface area (Å²) in [6, 6.07) is 14.0. The Morgan fingerprint density at radius 2 is 1.74 bits per heavy atom. The van der Waals surface area contributed by atoms with E-state index < -0.39 is 0 Å². The summed E-state index contributed by atoms with van der Waals surface area (Å²) >= 11 is 0.985. The third kappa shape index (κ3) is 5.56. The number of carbonyl (C=O) groups is 2. The van der Waals surface area contributed by atoms with Gasteiger partial charge in [0.05, 0.1) is 25.3 Å². The Hall–Kier alpha value is -2.97. The summed E-state index contributed by atoms with van der Waals surface area (Å²) in [7, 11) is 1.59. The average Bonchev–Trinajstić information content (AvgIpc) is 3.11. The Morgan fingerprint density at radius 3 is 2.41 bits per heavy atom. The number of nitrogens with zero attached hydrogens (tertiary/aromatic N) is 3. The van der Waals surface area contributed by atoms with Crippen LogP contribution in [0.15, 0.2) is 47.4 Å². The van der Waals surface area contributed by atoms with Crippen molar-refractivity contribution in [2.24, 2.45) is 0 Å². The van der Waals surface area contributed by atoms with Crippen LogP contribution < -0.4 is 14.4 Å². The van der Waals surface area contributed by atoms with Gasteiger partial charge in [0.15, 0.2) is 11.5 Å². The molecule has 4 rings (SSSR count). The fourth-order valence-corrected chi connectivity index (χ4v) is 4.81. The number of rotatable bonds is 8. The molecule has 2 saturated heterocycles. The van der Waals surface area contributed by atoms with Crippen LogP contribution in [0.3, 0.4) is 0 Å². The van der Waals surface area contributed by atoms with Gasteiger partial charge in [0.2, 0.25) is 0 Å². The van der Waals surface area contributed by atoms with Gasteiger partial charge in [-0.3, -0.25) is 19.4 Å². The fraction of sp³-hybridized carbons (Fsp3) is 0.385. The predicted molar refractivity (Wildman–Crippen MR) is 136 cm³/mol. The molecule has 180 valence electrons. The maximum absolute atomic E-state index is 13.0. The molecule has 8 heteroatoms. The smallest absolute Gasteiger partial charge is 0.294 e. The summed E-state index contributed by atoms with van der Waals surface area (Å²) in [4.78, 5) is 31.9. The minimum absolute atomic E-state index is 0.230. The molecule has 7 nitrogen and oxygen atoms in total. The zero-order valence-corrected chi connectivity index (χ0v) is 20.8. The molecule has 0 saturated carbocycles. The van der Waals surface area contributed by atoms with Gasteiger partial charge in [-0.2, -0.15) is 0 Å². The third-order valence-electron chi connectivity index (χ3n) is 5.93. The van der Waals surface area contributed by atoms with Gasteiger partial charge in [-0.05, 0) is 61.0 Å². The van der Waals surface area contributed by atoms with E-state index in [4.69, 9.17) is 9.47 Å². The van der Waals surface area contributed by atoms with E-state index in [2.05, 4.69) is 41.0 Å². The van der Waals surface area contributed by atoms with Gasteiger partial charge in [-0.1, -0.05) is 30.7 Å². The molecule has 0 bridgehead atoms. The van der Waals surface area contributed by atoms with Crippen molar-refractivity contribution in [1.29, 1.82) is 0 Å². The van der Waals surface area contributed by atoms with Crippen LogP contribution in [0, 0.1) is 6.92 Å². The molecular formula is C26H31N3O4S. The molecule has 0 spiro atoms. The van der Waals surface area contributed by atoms with Gasteiger partial charge >= 0.3 is 0 Å². The minimum Gasteiger partial charge on any atom is -0.493 e. The highest BCUT2D eigenvalue weighted by atomic mass is 32.2. The number of amides is 2. The zero-order chi connectivity index (χ0) is 24.1. The number of imide groups is 1. The quantitative estimate of drug-likeness (QED) is 0.510. The molecule has 0 aliphatic carbocycles. The van der Waals surface area contributed by atoms with E-state index in [0.717, 1.165) is 49.9 Å². The zero-order valence-electron chi connectivity index (χ0n) is 20.0. The summed E-state index contributed by atoms with van der Waals surface area (Å²) in [6.07, 6.45) is 2.64. The highest BCUT2D eigenvalue weighted by Crippen LogP contribution is 2.35. The van der Waals surface area contributed by atoms with Crippen LogP contribution in [0.2, 0.25) is 0 Å². The molecule has 2 amide bonds. The number of aryl methyl sites for hydroxylation is 1. The van der Waals surface area contributed by atoms with Crippen molar-refractivity contribution >= 4 is 34.7 Å². The number of thioether (sulfide) groups is 1. The van der Waals surface area contributed by atoms with Crippen molar-refractivity contribution in [3.05, 3.63) is 58.5 Å². The Kier molecular flexibility index (Phi) is 7.80. The molecule has 0 N–H and O–H groups in total. The number of methoxy groups -OCH3 is 1. The fourth-order valence-electron chi connectivity index (χ4n) is 3.98. The molecule has 2 aromatic carbocycles. The summed E-state index contributed by atoms with van der Waals surface area (Å²) in [5.41, 5.74) is 3.24. The Morgan fingerprint density at radius 1 is 1.00 bits per heavy atom. The van der Waals surface area contributed by atoms with Crippen molar-refractivity contribution in [3.8, 4) is 11.5 Å². The Labute approximate surface area is 205 Å². The highest BCUT2D eigenvalue weighted by Gasteiger charge is 2.36. The predicted octanol–water partition coefficient (Wildman–Crippen LogP) is 4.61. The van der Waals surface area contributed by atoms with E-state index in [1.165, 1.54) is 16.2 Å². The molecule has 2 fully saturated rings. The van der Waals surface area contributed by atoms with E-state index >= 15 is 0 Å². The SMILES string of the molecule is CCCOc1ccc(/C=C2/SC(=O)N(CN3CCN(c4ccc(C)cc4)CC3)C2=O)cc1OC. The monoisotopic (exact) mass is 481 g/mol. The third-order valence-corrected chi connectivity index (χ3v) is 6.84. The largest absolute Gasteiger partial charge is 0.493 e. The van der Waals surface area contributed by atoms with Crippen LogP contribution in [0.1, 0.15) is 24.5 Å². The summed E-state index contributed by atoms with van der Waals surface area (Å²) in [5.74, 6) is 1.02. The second-order valence-corrected chi connectivity index (χ2v) is 9.44. The van der Waals surface area contributed by atoms with Crippen LogP contribution >= 0.6 is 11.8 Å². The van der Waals surface area contributed by atoms with Gasteiger partial charge in [-0.15, -0.1) is 0 Å². The molecule has 0 atom stereocenters.